The van der Waals surface area contributed by atoms with Crippen LogP contribution in [0.25, 0.3) is 0 Å². The summed E-state index contributed by atoms with van der Waals surface area (Å²) in [6.45, 7) is 6.56. The van der Waals surface area contributed by atoms with Crippen LogP contribution in [-0.4, -0.2) is 37.2 Å². The predicted molar refractivity (Wildman–Crippen MR) is 353 cm³/mol. The molecule has 0 heterocycles. The quantitative estimate of drug-likeness (QED) is 0.0261. The van der Waals surface area contributed by atoms with Gasteiger partial charge in [0, 0.05) is 19.3 Å². The summed E-state index contributed by atoms with van der Waals surface area (Å²) in [7, 11) is 0. The van der Waals surface area contributed by atoms with Crippen LogP contribution in [0.2, 0.25) is 0 Å². The normalized spacial score (nSPS) is 12.4. The minimum atomic E-state index is -0.783. The fourth-order valence-corrected chi connectivity index (χ4v) is 10.7. The molecule has 0 N–H and O–H groups in total. The highest BCUT2D eigenvalue weighted by Crippen LogP contribution is 2.19. The van der Waals surface area contributed by atoms with Crippen molar-refractivity contribution in [2.45, 2.75) is 386 Å². The van der Waals surface area contributed by atoms with Gasteiger partial charge in [0.1, 0.15) is 13.2 Å². The number of unbranched alkanes of at least 4 members (excludes halogenated alkanes) is 45. The van der Waals surface area contributed by atoms with E-state index < -0.39 is 6.10 Å². The Balaban J connectivity index is 4.11. The Morgan fingerprint density at radius 3 is 0.753 bits per heavy atom. The zero-order chi connectivity index (χ0) is 58.5. The average Bonchev–Trinajstić information content (AvgIpc) is 3.47. The lowest BCUT2D eigenvalue weighted by molar-refractivity contribution is -0.167. The molecule has 0 aliphatic heterocycles. The molecule has 0 saturated carbocycles. The maximum absolute atomic E-state index is 12.9. The molecule has 1 unspecified atom stereocenters. The molecular formula is C75H136O6. The fourth-order valence-electron chi connectivity index (χ4n) is 10.7. The van der Waals surface area contributed by atoms with Crippen LogP contribution in [0, 0.1) is 0 Å². The third kappa shape index (κ3) is 67.8. The first-order valence-corrected chi connectivity index (χ1v) is 35.8. The Kier molecular flexibility index (Phi) is 67.1. The first-order valence-electron chi connectivity index (χ1n) is 35.8. The van der Waals surface area contributed by atoms with Gasteiger partial charge < -0.3 is 14.2 Å². The molecule has 0 aromatic heterocycles. The molecule has 0 amide bonds. The van der Waals surface area contributed by atoms with Crippen molar-refractivity contribution in [2.24, 2.45) is 0 Å². The summed E-state index contributed by atoms with van der Waals surface area (Å²) in [5.41, 5.74) is 0. The lowest BCUT2D eigenvalue weighted by Gasteiger charge is -2.18. The van der Waals surface area contributed by atoms with Crippen LogP contribution >= 0.6 is 0 Å². The van der Waals surface area contributed by atoms with E-state index in [1.54, 1.807) is 0 Å². The Morgan fingerprint density at radius 1 is 0.259 bits per heavy atom. The molecule has 0 rings (SSSR count). The number of esters is 3. The maximum Gasteiger partial charge on any atom is 0.306 e. The van der Waals surface area contributed by atoms with Crippen molar-refractivity contribution in [3.63, 3.8) is 0 Å². The molecule has 0 fully saturated rings. The van der Waals surface area contributed by atoms with E-state index in [2.05, 4.69) is 81.5 Å². The molecule has 0 aliphatic carbocycles. The van der Waals surface area contributed by atoms with Crippen molar-refractivity contribution < 1.29 is 28.6 Å². The average molecular weight is 1130 g/mol. The highest BCUT2D eigenvalue weighted by Gasteiger charge is 2.19. The lowest BCUT2D eigenvalue weighted by atomic mass is 10.0. The highest BCUT2D eigenvalue weighted by atomic mass is 16.6. The Hall–Kier alpha value is -2.89. The summed E-state index contributed by atoms with van der Waals surface area (Å²) < 4.78 is 16.9. The van der Waals surface area contributed by atoms with Gasteiger partial charge in [-0.1, -0.05) is 358 Å². The van der Waals surface area contributed by atoms with Crippen LogP contribution in [0.3, 0.4) is 0 Å². The van der Waals surface area contributed by atoms with Crippen molar-refractivity contribution in [3.05, 3.63) is 60.8 Å². The van der Waals surface area contributed by atoms with Gasteiger partial charge in [0.25, 0.3) is 0 Å². The van der Waals surface area contributed by atoms with Crippen LogP contribution in [0.15, 0.2) is 60.8 Å². The van der Waals surface area contributed by atoms with Crippen LogP contribution in [0.5, 0.6) is 0 Å². The number of rotatable bonds is 66. The van der Waals surface area contributed by atoms with Gasteiger partial charge in [-0.15, -0.1) is 0 Å². The zero-order valence-electron chi connectivity index (χ0n) is 54.3. The highest BCUT2D eigenvalue weighted by molar-refractivity contribution is 5.71. The van der Waals surface area contributed by atoms with Gasteiger partial charge >= 0.3 is 17.9 Å². The van der Waals surface area contributed by atoms with E-state index in [1.807, 2.05) is 0 Å². The second-order valence-electron chi connectivity index (χ2n) is 24.1. The van der Waals surface area contributed by atoms with Gasteiger partial charge in [-0.2, -0.15) is 0 Å². The predicted octanol–water partition coefficient (Wildman–Crippen LogP) is 24.7. The van der Waals surface area contributed by atoms with Crippen LogP contribution in [-0.2, 0) is 28.6 Å². The molecule has 6 heteroatoms. The molecule has 0 bridgehead atoms. The molecule has 0 aliphatic rings. The molecule has 472 valence electrons. The third-order valence-corrected chi connectivity index (χ3v) is 16.0. The van der Waals surface area contributed by atoms with Crippen molar-refractivity contribution in [2.75, 3.05) is 13.2 Å². The maximum atomic E-state index is 12.9. The topological polar surface area (TPSA) is 78.9 Å². The Labute approximate surface area is 504 Å². The van der Waals surface area contributed by atoms with Gasteiger partial charge in [0.2, 0.25) is 0 Å². The SMILES string of the molecule is CC/C=C\C/C=C\C/C=C\C/C=C\C/C=C\CCCCCCCC(=O)OC(COC(=O)CCCCCCCCCCCC)COC(=O)CCCCCCCCCCCCCCCCCCCCCCCCCCCCCCCCCC. The van der Waals surface area contributed by atoms with Gasteiger partial charge in [0.15, 0.2) is 6.10 Å². The summed E-state index contributed by atoms with van der Waals surface area (Å²) in [6, 6.07) is 0. The van der Waals surface area contributed by atoms with Crippen molar-refractivity contribution in [1.29, 1.82) is 0 Å². The number of carbonyl (C=O) groups excluding carboxylic acids is 3. The minimum absolute atomic E-state index is 0.0778. The summed E-state index contributed by atoms with van der Waals surface area (Å²) in [5, 5.41) is 0. The minimum Gasteiger partial charge on any atom is -0.462 e. The molecule has 81 heavy (non-hydrogen) atoms. The Morgan fingerprint density at radius 2 is 0.481 bits per heavy atom. The second-order valence-corrected chi connectivity index (χ2v) is 24.1. The molecule has 0 aromatic carbocycles. The van der Waals surface area contributed by atoms with E-state index in [0.29, 0.717) is 19.3 Å². The number of ether oxygens (including phenoxy) is 3. The van der Waals surface area contributed by atoms with Crippen molar-refractivity contribution >= 4 is 17.9 Å². The number of hydrogen-bond donors (Lipinski definition) is 0. The standard InChI is InChI=1S/C75H136O6/c1-4-7-10-13-16-19-22-24-26-28-30-32-33-34-35-36-37-38-39-40-41-42-44-45-47-49-51-53-56-59-62-65-68-74(77)80-71-72(70-79-73(76)67-64-61-58-55-21-18-15-12-9-6-3)81-75(78)69-66-63-60-57-54-52-50-48-46-43-31-29-27-25-23-20-17-14-11-8-5-2/h8,11,17,20,25,27,31,43,48,50,72H,4-7,9-10,12-16,18-19,21-24,26,28-30,32-42,44-47,49,51-71H2,1-3H3/b11-8-,20-17-,27-25-,43-31-,50-48-. The molecule has 0 radical (unpaired) electrons. The number of allylic oxidation sites excluding steroid dienone is 10. The van der Waals surface area contributed by atoms with Crippen molar-refractivity contribution in [3.8, 4) is 0 Å². The molecule has 6 nitrogen and oxygen atoms in total. The van der Waals surface area contributed by atoms with Gasteiger partial charge in [-0.05, 0) is 64.2 Å². The van der Waals surface area contributed by atoms with Crippen LogP contribution in [0.4, 0.5) is 0 Å². The van der Waals surface area contributed by atoms with E-state index in [1.165, 1.54) is 231 Å². The van der Waals surface area contributed by atoms with Crippen LogP contribution in [0.1, 0.15) is 380 Å². The largest absolute Gasteiger partial charge is 0.462 e. The van der Waals surface area contributed by atoms with Gasteiger partial charge in [-0.25, -0.2) is 0 Å². The second kappa shape index (κ2) is 69.6. The van der Waals surface area contributed by atoms with Crippen LogP contribution < -0.4 is 0 Å². The summed E-state index contributed by atoms with van der Waals surface area (Å²) in [5.74, 6) is -0.877. The zero-order valence-corrected chi connectivity index (χ0v) is 54.3. The third-order valence-electron chi connectivity index (χ3n) is 16.0. The smallest absolute Gasteiger partial charge is 0.306 e. The molecule has 0 saturated heterocycles. The van der Waals surface area contributed by atoms with E-state index in [-0.39, 0.29) is 31.1 Å². The number of carbonyl (C=O) groups is 3. The fraction of sp³-hybridized carbons (Fsp3) is 0.827. The van der Waals surface area contributed by atoms with E-state index >= 15 is 0 Å². The summed E-state index contributed by atoms with van der Waals surface area (Å²) in [6.07, 6.45) is 89.9. The van der Waals surface area contributed by atoms with E-state index in [4.69, 9.17) is 14.2 Å². The monoisotopic (exact) mass is 1130 g/mol. The molecule has 0 aromatic rings. The summed E-state index contributed by atoms with van der Waals surface area (Å²) >= 11 is 0. The van der Waals surface area contributed by atoms with E-state index in [0.717, 1.165) is 109 Å². The molecule has 0 spiro atoms. The molecular weight excluding hydrogens is 997 g/mol. The van der Waals surface area contributed by atoms with Crippen molar-refractivity contribution in [1.82, 2.24) is 0 Å². The van der Waals surface area contributed by atoms with E-state index in [9.17, 15) is 14.4 Å². The first kappa shape index (κ1) is 78.1. The van der Waals surface area contributed by atoms with Gasteiger partial charge in [0.05, 0.1) is 0 Å². The molecule has 1 atom stereocenters. The Bertz CT molecular complexity index is 1440. The lowest BCUT2D eigenvalue weighted by Crippen LogP contribution is -2.30. The number of hydrogen-bond acceptors (Lipinski definition) is 6. The van der Waals surface area contributed by atoms with Gasteiger partial charge in [-0.3, -0.25) is 14.4 Å². The summed E-state index contributed by atoms with van der Waals surface area (Å²) in [4.78, 5) is 38.3. The first-order chi connectivity index (χ1) is 40.0.